The average molecular weight is 360 g/mol. The normalized spacial score (nSPS) is 11.6. The van der Waals surface area contributed by atoms with Gasteiger partial charge in [-0.25, -0.2) is 10.2 Å². The lowest BCUT2D eigenvalue weighted by Crippen LogP contribution is -2.32. The molecule has 2 aromatic rings. The van der Waals surface area contributed by atoms with E-state index in [0.29, 0.717) is 0 Å². The summed E-state index contributed by atoms with van der Waals surface area (Å²) in [5.74, 6) is 0. The summed E-state index contributed by atoms with van der Waals surface area (Å²) in [7, 11) is 0. The van der Waals surface area contributed by atoms with Crippen molar-refractivity contribution < 1.29 is 9.53 Å². The third kappa shape index (κ3) is 2.89. The third-order valence-electron chi connectivity index (χ3n) is 2.02. The first-order valence-corrected chi connectivity index (χ1v) is 6.44. The summed E-state index contributed by atoms with van der Waals surface area (Å²) >= 11 is 2.16. The maximum absolute atomic E-state index is 11.7. The fraction of sp³-hybridized carbons (Fsp3) is 0.364. The van der Waals surface area contributed by atoms with Gasteiger partial charge in [-0.05, 0) is 60.7 Å². The molecule has 0 saturated carbocycles. The van der Waals surface area contributed by atoms with Gasteiger partial charge in [0.05, 0.1) is 0 Å². The van der Waals surface area contributed by atoms with E-state index >= 15 is 0 Å². The summed E-state index contributed by atoms with van der Waals surface area (Å²) in [6.45, 7) is 5.40. The Kier molecular flexibility index (Phi) is 3.42. The molecule has 0 fully saturated rings. The molecule has 0 atom stereocenters. The van der Waals surface area contributed by atoms with Crippen molar-refractivity contribution in [1.82, 2.24) is 15.1 Å². The molecule has 1 aromatic carbocycles. The van der Waals surface area contributed by atoms with E-state index in [1.807, 2.05) is 18.2 Å². The molecule has 7 heteroatoms. The first-order chi connectivity index (χ1) is 8.37. The number of para-hydroxylation sites is 1. The van der Waals surface area contributed by atoms with Gasteiger partial charge in [0.1, 0.15) is 16.6 Å². The molecule has 0 unspecified atom stereocenters. The molecule has 1 N–H and O–H groups in total. The number of hydrogen-bond acceptors (Lipinski definition) is 4. The zero-order chi connectivity index (χ0) is 13.3. The number of nitrogens with zero attached hydrogens (tertiary/aromatic N) is 3. The van der Waals surface area contributed by atoms with Crippen LogP contribution in [-0.2, 0) is 4.74 Å². The van der Waals surface area contributed by atoms with Crippen LogP contribution < -0.4 is 5.43 Å². The number of benzene rings is 1. The Hall–Kier alpha value is -1.38. The average Bonchev–Trinajstić information content (AvgIpc) is 2.59. The van der Waals surface area contributed by atoms with Crippen LogP contribution in [0.3, 0.4) is 0 Å². The number of rotatable bonds is 1. The molecule has 0 aliphatic rings. The minimum atomic E-state index is -0.561. The molecule has 1 aromatic heterocycles. The Morgan fingerprint density at radius 1 is 1.44 bits per heavy atom. The van der Waals surface area contributed by atoms with Crippen molar-refractivity contribution in [2.45, 2.75) is 26.4 Å². The molecule has 0 spiro atoms. The van der Waals surface area contributed by atoms with E-state index in [1.165, 1.54) is 4.79 Å². The fourth-order valence-corrected chi connectivity index (χ4v) is 2.11. The molecule has 0 aliphatic carbocycles. The van der Waals surface area contributed by atoms with E-state index in [9.17, 15) is 4.79 Å². The van der Waals surface area contributed by atoms with Gasteiger partial charge in [0.25, 0.3) is 0 Å². The van der Waals surface area contributed by atoms with Crippen molar-refractivity contribution in [3.8, 4) is 0 Å². The molecular formula is C11H13IN4O2. The summed E-state index contributed by atoms with van der Waals surface area (Å²) in [4.78, 5) is 13.0. The number of hydrogen-bond donors (Lipinski definition) is 1. The topological polar surface area (TPSA) is 69.0 Å². The van der Waals surface area contributed by atoms with Gasteiger partial charge in [-0.15, -0.1) is 9.89 Å². The molecule has 0 saturated heterocycles. The first-order valence-electron chi connectivity index (χ1n) is 5.37. The molecule has 0 radical (unpaired) electrons. The Balaban J connectivity index is 2.25. The summed E-state index contributed by atoms with van der Waals surface area (Å²) in [6, 6.07) is 5.63. The van der Waals surface area contributed by atoms with Gasteiger partial charge in [0.15, 0.2) is 0 Å². The number of halogens is 1. The second-order valence-electron chi connectivity index (χ2n) is 4.72. The van der Waals surface area contributed by atoms with Crippen molar-refractivity contribution in [3.63, 3.8) is 0 Å². The van der Waals surface area contributed by atoms with Gasteiger partial charge in [0, 0.05) is 3.57 Å². The minimum Gasteiger partial charge on any atom is -0.443 e. The van der Waals surface area contributed by atoms with E-state index < -0.39 is 11.7 Å². The van der Waals surface area contributed by atoms with Crippen LogP contribution in [0.1, 0.15) is 20.8 Å². The maximum Gasteiger partial charge on any atom is 0.428 e. The van der Waals surface area contributed by atoms with Gasteiger partial charge in [-0.3, -0.25) is 0 Å². The smallest absolute Gasteiger partial charge is 0.428 e. The molecule has 2 rings (SSSR count). The molecule has 0 bridgehead atoms. The number of aromatic nitrogens is 3. The number of ether oxygens (including phenoxy) is 1. The highest BCUT2D eigenvalue weighted by Gasteiger charge is 2.18. The lowest BCUT2D eigenvalue weighted by Gasteiger charge is -2.19. The van der Waals surface area contributed by atoms with Crippen LogP contribution in [0, 0.1) is 3.57 Å². The maximum atomic E-state index is 11.7. The van der Waals surface area contributed by atoms with Crippen molar-refractivity contribution in [3.05, 3.63) is 21.8 Å². The SMILES string of the molecule is CC(C)(C)OC(=O)Nn1nnc2cccc(I)c21. The molecule has 1 amide bonds. The second-order valence-corrected chi connectivity index (χ2v) is 5.88. The van der Waals surface area contributed by atoms with Crippen molar-refractivity contribution in [2.24, 2.45) is 0 Å². The van der Waals surface area contributed by atoms with E-state index in [-0.39, 0.29) is 0 Å². The zero-order valence-electron chi connectivity index (χ0n) is 10.3. The predicted molar refractivity (Wildman–Crippen MR) is 75.8 cm³/mol. The van der Waals surface area contributed by atoms with Gasteiger partial charge in [-0.2, -0.15) is 0 Å². The number of carbonyl (C=O) groups excluding carboxylic acids is 1. The standard InChI is InChI=1S/C11H13IN4O2/c1-11(2,3)18-10(17)14-16-9-7(12)5-4-6-8(9)13-15-16/h4-6H,1-3H3,(H,14,17). The van der Waals surface area contributed by atoms with Gasteiger partial charge < -0.3 is 4.74 Å². The summed E-state index contributed by atoms with van der Waals surface area (Å²) in [6.07, 6.45) is -0.561. The van der Waals surface area contributed by atoms with E-state index in [1.54, 1.807) is 20.8 Å². The van der Waals surface area contributed by atoms with Crippen LogP contribution in [-0.4, -0.2) is 26.8 Å². The highest BCUT2D eigenvalue weighted by molar-refractivity contribution is 14.1. The first kappa shape index (κ1) is 13.1. The summed E-state index contributed by atoms with van der Waals surface area (Å²) < 4.78 is 6.11. The number of amides is 1. The van der Waals surface area contributed by atoms with Crippen molar-refractivity contribution in [2.75, 3.05) is 5.43 Å². The third-order valence-corrected chi connectivity index (χ3v) is 2.89. The van der Waals surface area contributed by atoms with Crippen LogP contribution in [0.25, 0.3) is 11.0 Å². The van der Waals surface area contributed by atoms with Crippen LogP contribution in [0.2, 0.25) is 0 Å². The van der Waals surface area contributed by atoms with E-state index in [4.69, 9.17) is 4.74 Å². The van der Waals surface area contributed by atoms with Crippen LogP contribution in [0.15, 0.2) is 18.2 Å². The number of nitrogens with one attached hydrogen (secondary N) is 1. The van der Waals surface area contributed by atoms with Gasteiger partial charge in [0.2, 0.25) is 0 Å². The predicted octanol–water partition coefficient (Wildman–Crippen LogP) is 2.51. The second kappa shape index (κ2) is 4.71. The molecule has 1 heterocycles. The van der Waals surface area contributed by atoms with Crippen LogP contribution in [0.4, 0.5) is 4.79 Å². The Labute approximate surface area is 118 Å². The van der Waals surface area contributed by atoms with E-state index in [0.717, 1.165) is 14.6 Å². The molecular weight excluding hydrogens is 347 g/mol. The van der Waals surface area contributed by atoms with Crippen molar-refractivity contribution in [1.29, 1.82) is 0 Å². The quantitative estimate of drug-likeness (QED) is 0.794. The zero-order valence-corrected chi connectivity index (χ0v) is 12.4. The molecule has 0 aliphatic heterocycles. The molecule has 6 nitrogen and oxygen atoms in total. The summed E-state index contributed by atoms with van der Waals surface area (Å²) in [5.41, 5.74) is 3.47. The van der Waals surface area contributed by atoms with E-state index in [2.05, 4.69) is 38.3 Å². The Morgan fingerprint density at radius 3 is 2.83 bits per heavy atom. The fourth-order valence-electron chi connectivity index (χ4n) is 1.40. The van der Waals surface area contributed by atoms with Crippen molar-refractivity contribution >= 4 is 39.7 Å². The summed E-state index contributed by atoms with van der Waals surface area (Å²) in [5, 5.41) is 7.84. The highest BCUT2D eigenvalue weighted by Crippen LogP contribution is 2.17. The Morgan fingerprint density at radius 2 is 2.17 bits per heavy atom. The lowest BCUT2D eigenvalue weighted by molar-refractivity contribution is 0.0610. The number of fused-ring (bicyclic) bond motifs is 1. The number of carbonyl (C=O) groups is 1. The van der Waals surface area contributed by atoms with Gasteiger partial charge >= 0.3 is 6.09 Å². The Bertz CT molecular complexity index is 588. The monoisotopic (exact) mass is 360 g/mol. The minimum absolute atomic E-state index is 0.548. The lowest BCUT2D eigenvalue weighted by atomic mass is 10.2. The highest BCUT2D eigenvalue weighted by atomic mass is 127. The van der Waals surface area contributed by atoms with Crippen LogP contribution in [0.5, 0.6) is 0 Å². The van der Waals surface area contributed by atoms with Crippen LogP contribution >= 0.6 is 22.6 Å². The van der Waals surface area contributed by atoms with Gasteiger partial charge in [-0.1, -0.05) is 6.07 Å². The molecule has 18 heavy (non-hydrogen) atoms. The largest absolute Gasteiger partial charge is 0.443 e. The molecule has 96 valence electrons.